The molecule has 6 heteroatoms. The highest BCUT2D eigenvalue weighted by Gasteiger charge is 2.20. The first-order chi connectivity index (χ1) is 10.6. The number of ether oxygens (including phenoxy) is 1. The zero-order valence-corrected chi connectivity index (χ0v) is 13.4. The summed E-state index contributed by atoms with van der Waals surface area (Å²) >= 11 is 0. The van der Waals surface area contributed by atoms with Crippen molar-refractivity contribution in [1.82, 2.24) is 20.0 Å². The van der Waals surface area contributed by atoms with Crippen LogP contribution in [-0.4, -0.2) is 39.2 Å². The first-order valence-corrected chi connectivity index (χ1v) is 7.85. The van der Waals surface area contributed by atoms with Gasteiger partial charge < -0.3 is 10.1 Å². The average Bonchev–Trinajstić information content (AvgIpc) is 2.87. The van der Waals surface area contributed by atoms with Gasteiger partial charge in [-0.25, -0.2) is 4.68 Å². The fraction of sp³-hybridized carbons (Fsp3) is 0.562. The SMILES string of the molecule is Cc1cc(C)n(-c2ccc(NC(C)C3CCOCC3)nn2)n1. The third-order valence-corrected chi connectivity index (χ3v) is 4.23. The number of anilines is 1. The van der Waals surface area contributed by atoms with Gasteiger partial charge in [-0.1, -0.05) is 0 Å². The van der Waals surface area contributed by atoms with Crippen LogP contribution in [-0.2, 0) is 4.74 Å². The minimum Gasteiger partial charge on any atom is -0.381 e. The molecule has 0 aliphatic carbocycles. The highest BCUT2D eigenvalue weighted by atomic mass is 16.5. The standard InChI is InChI=1S/C16H23N5O/c1-11-10-12(2)21(20-11)16-5-4-15(18-19-16)17-13(3)14-6-8-22-9-7-14/h4-5,10,13-14H,6-9H2,1-3H3,(H,17,18). The number of aromatic nitrogens is 4. The summed E-state index contributed by atoms with van der Waals surface area (Å²) in [6, 6.07) is 6.32. The van der Waals surface area contributed by atoms with Crippen LogP contribution in [0.15, 0.2) is 18.2 Å². The van der Waals surface area contributed by atoms with Gasteiger partial charge in [0.1, 0.15) is 5.82 Å². The van der Waals surface area contributed by atoms with Crippen LogP contribution in [0.5, 0.6) is 0 Å². The van der Waals surface area contributed by atoms with Crippen LogP contribution in [0.1, 0.15) is 31.2 Å². The quantitative estimate of drug-likeness (QED) is 0.940. The maximum Gasteiger partial charge on any atom is 0.176 e. The molecule has 118 valence electrons. The molecule has 2 aromatic heterocycles. The lowest BCUT2D eigenvalue weighted by atomic mass is 9.93. The maximum absolute atomic E-state index is 5.41. The molecule has 1 saturated heterocycles. The first kappa shape index (κ1) is 15.0. The van der Waals surface area contributed by atoms with Crippen molar-refractivity contribution in [3.8, 4) is 5.82 Å². The van der Waals surface area contributed by atoms with Gasteiger partial charge in [0, 0.05) is 24.9 Å². The van der Waals surface area contributed by atoms with Crippen LogP contribution in [0.2, 0.25) is 0 Å². The van der Waals surface area contributed by atoms with Crippen molar-refractivity contribution in [1.29, 1.82) is 0 Å². The minimum absolute atomic E-state index is 0.373. The van der Waals surface area contributed by atoms with Crippen molar-refractivity contribution in [3.05, 3.63) is 29.6 Å². The van der Waals surface area contributed by atoms with E-state index in [1.807, 2.05) is 36.7 Å². The predicted molar refractivity (Wildman–Crippen MR) is 85.3 cm³/mol. The van der Waals surface area contributed by atoms with Gasteiger partial charge >= 0.3 is 0 Å². The molecule has 1 aliphatic rings. The molecule has 6 nitrogen and oxygen atoms in total. The third kappa shape index (κ3) is 3.27. The van der Waals surface area contributed by atoms with Gasteiger partial charge in [-0.2, -0.15) is 5.10 Å². The molecular weight excluding hydrogens is 278 g/mol. The Labute approximate surface area is 130 Å². The van der Waals surface area contributed by atoms with Crippen LogP contribution < -0.4 is 5.32 Å². The Bertz CT molecular complexity index is 616. The highest BCUT2D eigenvalue weighted by Crippen LogP contribution is 2.21. The van der Waals surface area contributed by atoms with Gasteiger partial charge in [0.05, 0.1) is 5.69 Å². The molecule has 0 aromatic carbocycles. The van der Waals surface area contributed by atoms with Crippen molar-refractivity contribution in [3.63, 3.8) is 0 Å². The summed E-state index contributed by atoms with van der Waals surface area (Å²) in [6.07, 6.45) is 2.21. The summed E-state index contributed by atoms with van der Waals surface area (Å²) in [7, 11) is 0. The summed E-state index contributed by atoms with van der Waals surface area (Å²) in [6.45, 7) is 7.91. The summed E-state index contributed by atoms with van der Waals surface area (Å²) in [4.78, 5) is 0. The molecular formula is C16H23N5O. The van der Waals surface area contributed by atoms with Gasteiger partial charge in [-0.3, -0.25) is 0 Å². The second-order valence-corrected chi connectivity index (χ2v) is 6.00. The lowest BCUT2D eigenvalue weighted by molar-refractivity contribution is 0.0622. The smallest absolute Gasteiger partial charge is 0.176 e. The molecule has 1 N–H and O–H groups in total. The lowest BCUT2D eigenvalue weighted by Crippen LogP contribution is -2.31. The predicted octanol–water partition coefficient (Wildman–Crippen LogP) is 2.51. The summed E-state index contributed by atoms with van der Waals surface area (Å²) in [5.41, 5.74) is 2.04. The Kier molecular flexibility index (Phi) is 4.38. The zero-order chi connectivity index (χ0) is 15.5. The number of hydrogen-bond donors (Lipinski definition) is 1. The Morgan fingerprint density at radius 3 is 2.59 bits per heavy atom. The molecule has 1 aliphatic heterocycles. The van der Waals surface area contributed by atoms with Crippen LogP contribution in [0.25, 0.3) is 5.82 Å². The fourth-order valence-corrected chi connectivity index (χ4v) is 2.94. The van der Waals surface area contributed by atoms with E-state index in [0.717, 1.165) is 49.1 Å². The second kappa shape index (κ2) is 6.44. The lowest BCUT2D eigenvalue weighted by Gasteiger charge is -2.28. The largest absolute Gasteiger partial charge is 0.381 e. The first-order valence-electron chi connectivity index (χ1n) is 7.85. The topological polar surface area (TPSA) is 64.9 Å². The van der Waals surface area contributed by atoms with E-state index >= 15 is 0 Å². The van der Waals surface area contributed by atoms with Crippen molar-refractivity contribution in [2.75, 3.05) is 18.5 Å². The van der Waals surface area contributed by atoms with Crippen molar-refractivity contribution >= 4 is 5.82 Å². The van der Waals surface area contributed by atoms with E-state index < -0.39 is 0 Å². The molecule has 0 saturated carbocycles. The third-order valence-electron chi connectivity index (χ3n) is 4.23. The molecule has 1 unspecified atom stereocenters. The Balaban J connectivity index is 1.67. The molecule has 2 aromatic rings. The van der Waals surface area contributed by atoms with Gasteiger partial charge in [0.25, 0.3) is 0 Å². The van der Waals surface area contributed by atoms with Gasteiger partial charge in [0.2, 0.25) is 0 Å². The Morgan fingerprint density at radius 1 is 1.23 bits per heavy atom. The summed E-state index contributed by atoms with van der Waals surface area (Å²) < 4.78 is 7.23. The minimum atomic E-state index is 0.373. The van der Waals surface area contributed by atoms with Crippen LogP contribution in [0.4, 0.5) is 5.82 Å². The molecule has 3 heterocycles. The van der Waals surface area contributed by atoms with Crippen LogP contribution >= 0.6 is 0 Å². The van der Waals surface area contributed by atoms with Crippen LogP contribution in [0, 0.1) is 19.8 Å². The molecule has 0 spiro atoms. The van der Waals surface area contributed by atoms with E-state index in [9.17, 15) is 0 Å². The molecule has 0 radical (unpaired) electrons. The van der Waals surface area contributed by atoms with Crippen molar-refractivity contribution in [2.45, 2.75) is 39.7 Å². The van der Waals surface area contributed by atoms with E-state index in [2.05, 4.69) is 27.5 Å². The van der Waals surface area contributed by atoms with Crippen molar-refractivity contribution < 1.29 is 4.74 Å². The Morgan fingerprint density at radius 2 is 2.00 bits per heavy atom. The number of hydrogen-bond acceptors (Lipinski definition) is 5. The highest BCUT2D eigenvalue weighted by molar-refractivity contribution is 5.37. The average molecular weight is 301 g/mol. The van der Waals surface area contributed by atoms with E-state index in [1.165, 1.54) is 0 Å². The van der Waals surface area contributed by atoms with E-state index in [-0.39, 0.29) is 0 Å². The second-order valence-electron chi connectivity index (χ2n) is 6.00. The van der Waals surface area contributed by atoms with Gasteiger partial charge in [-0.15, -0.1) is 10.2 Å². The Hall–Kier alpha value is -1.95. The normalized spacial score (nSPS) is 17.4. The van der Waals surface area contributed by atoms with Gasteiger partial charge in [-0.05, 0) is 57.7 Å². The maximum atomic E-state index is 5.41. The van der Waals surface area contributed by atoms with Crippen LogP contribution in [0.3, 0.4) is 0 Å². The number of nitrogens with one attached hydrogen (secondary N) is 1. The zero-order valence-electron chi connectivity index (χ0n) is 13.4. The van der Waals surface area contributed by atoms with Crippen molar-refractivity contribution in [2.24, 2.45) is 5.92 Å². The molecule has 1 atom stereocenters. The van der Waals surface area contributed by atoms with E-state index in [0.29, 0.717) is 12.0 Å². The molecule has 0 amide bonds. The molecule has 3 rings (SSSR count). The number of aryl methyl sites for hydroxylation is 2. The molecule has 22 heavy (non-hydrogen) atoms. The summed E-state index contributed by atoms with van der Waals surface area (Å²) in [5.74, 6) is 2.19. The van der Waals surface area contributed by atoms with E-state index in [1.54, 1.807) is 0 Å². The van der Waals surface area contributed by atoms with E-state index in [4.69, 9.17) is 4.74 Å². The monoisotopic (exact) mass is 301 g/mol. The number of nitrogens with zero attached hydrogens (tertiary/aromatic N) is 4. The van der Waals surface area contributed by atoms with Gasteiger partial charge in [0.15, 0.2) is 5.82 Å². The molecule has 0 bridgehead atoms. The summed E-state index contributed by atoms with van der Waals surface area (Å²) in [5, 5.41) is 16.4. The molecule has 1 fully saturated rings. The fourth-order valence-electron chi connectivity index (χ4n) is 2.94. The number of rotatable bonds is 4.